The maximum atomic E-state index is 12.0. The molecule has 19 heavy (non-hydrogen) atoms. The molecular formula is C13H16N2O3S. The lowest BCUT2D eigenvalue weighted by Crippen LogP contribution is -2.48. The molecule has 5 nitrogen and oxygen atoms in total. The monoisotopic (exact) mass is 280 g/mol. The Kier molecular flexibility index (Phi) is 4.21. The summed E-state index contributed by atoms with van der Waals surface area (Å²) in [6, 6.07) is 0.590. The average molecular weight is 280 g/mol. The number of carboxylic acid groups (broad SMARTS) is 1. The zero-order chi connectivity index (χ0) is 13.8. The number of fused-ring (bicyclic) bond motifs is 1. The van der Waals surface area contributed by atoms with Gasteiger partial charge in [0.2, 0.25) is 0 Å². The molecule has 0 fully saturated rings. The van der Waals surface area contributed by atoms with Gasteiger partial charge in [0, 0.05) is 18.0 Å². The van der Waals surface area contributed by atoms with Crippen LogP contribution in [0.1, 0.15) is 22.9 Å². The number of amides is 2. The van der Waals surface area contributed by atoms with Gasteiger partial charge in [0.15, 0.2) is 6.04 Å². The van der Waals surface area contributed by atoms with E-state index in [1.165, 1.54) is 4.90 Å². The highest BCUT2D eigenvalue weighted by Crippen LogP contribution is 2.33. The van der Waals surface area contributed by atoms with Crippen LogP contribution in [0.2, 0.25) is 0 Å². The van der Waals surface area contributed by atoms with Crippen LogP contribution in [0.4, 0.5) is 4.79 Å². The van der Waals surface area contributed by atoms with Gasteiger partial charge in [-0.05, 0) is 29.9 Å². The fourth-order valence-electron chi connectivity index (χ4n) is 2.18. The quantitative estimate of drug-likeness (QED) is 0.655. The summed E-state index contributed by atoms with van der Waals surface area (Å²) in [5.41, 5.74) is 0.739. The summed E-state index contributed by atoms with van der Waals surface area (Å²) in [7, 11) is 0. The van der Waals surface area contributed by atoms with Crippen molar-refractivity contribution in [1.82, 2.24) is 10.2 Å². The highest BCUT2D eigenvalue weighted by molar-refractivity contribution is 7.10. The van der Waals surface area contributed by atoms with Crippen LogP contribution in [0.25, 0.3) is 0 Å². The largest absolute Gasteiger partial charge is 0.479 e. The molecule has 0 aromatic carbocycles. The first-order valence-electron chi connectivity index (χ1n) is 6.09. The molecule has 2 N–H and O–H groups in total. The number of hydrogen-bond acceptors (Lipinski definition) is 3. The van der Waals surface area contributed by atoms with Gasteiger partial charge in [-0.1, -0.05) is 6.08 Å². The van der Waals surface area contributed by atoms with Crippen LogP contribution < -0.4 is 5.32 Å². The summed E-state index contributed by atoms with van der Waals surface area (Å²) in [5, 5.41) is 14.0. The van der Waals surface area contributed by atoms with Gasteiger partial charge in [-0.2, -0.15) is 0 Å². The first-order chi connectivity index (χ1) is 9.15. The van der Waals surface area contributed by atoms with Crippen LogP contribution in [0.5, 0.6) is 0 Å². The van der Waals surface area contributed by atoms with E-state index in [1.54, 1.807) is 23.5 Å². The van der Waals surface area contributed by atoms with Crippen molar-refractivity contribution in [3.8, 4) is 0 Å². The fourth-order valence-corrected chi connectivity index (χ4v) is 3.09. The first-order valence-corrected chi connectivity index (χ1v) is 6.97. The summed E-state index contributed by atoms with van der Waals surface area (Å²) in [4.78, 5) is 25.9. The van der Waals surface area contributed by atoms with Crippen LogP contribution in [-0.4, -0.2) is 35.1 Å². The van der Waals surface area contributed by atoms with Gasteiger partial charge in [0.1, 0.15) is 0 Å². The standard InChI is InChI=1S/C13H16N2O3S/c1-2-3-6-14-13(18)15-7-4-10-9(5-8-19-10)11(15)12(16)17/h2,5,8,11H,1,3-4,6-7H2,(H,14,18)(H,16,17). The molecule has 102 valence electrons. The van der Waals surface area contributed by atoms with Gasteiger partial charge < -0.3 is 15.3 Å². The van der Waals surface area contributed by atoms with Crippen molar-refractivity contribution in [2.75, 3.05) is 13.1 Å². The number of carboxylic acids is 1. The van der Waals surface area contributed by atoms with Gasteiger partial charge >= 0.3 is 12.0 Å². The Balaban J connectivity index is 2.14. The molecule has 2 heterocycles. The zero-order valence-electron chi connectivity index (χ0n) is 10.5. The number of hydrogen-bond donors (Lipinski definition) is 2. The number of rotatable bonds is 4. The molecule has 0 spiro atoms. The van der Waals surface area contributed by atoms with E-state index < -0.39 is 12.0 Å². The smallest absolute Gasteiger partial charge is 0.331 e. The molecule has 0 bridgehead atoms. The number of urea groups is 1. The third-order valence-corrected chi connectivity index (χ3v) is 4.08. The molecule has 2 amide bonds. The Bertz CT molecular complexity index is 498. The Morgan fingerprint density at radius 1 is 1.63 bits per heavy atom. The van der Waals surface area contributed by atoms with Crippen molar-refractivity contribution in [1.29, 1.82) is 0 Å². The molecule has 2 rings (SSSR count). The second-order valence-corrected chi connectivity index (χ2v) is 5.29. The van der Waals surface area contributed by atoms with E-state index in [2.05, 4.69) is 11.9 Å². The Hall–Kier alpha value is -1.82. The van der Waals surface area contributed by atoms with Gasteiger partial charge in [-0.3, -0.25) is 0 Å². The van der Waals surface area contributed by atoms with Crippen molar-refractivity contribution >= 4 is 23.3 Å². The molecule has 1 aromatic rings. The lowest BCUT2D eigenvalue weighted by Gasteiger charge is -2.33. The number of carbonyl (C=O) groups is 2. The number of nitrogens with one attached hydrogen (secondary N) is 1. The third-order valence-electron chi connectivity index (χ3n) is 3.09. The first kappa shape index (κ1) is 13.6. The zero-order valence-corrected chi connectivity index (χ0v) is 11.3. The van der Waals surface area contributed by atoms with E-state index >= 15 is 0 Å². The fraction of sp³-hybridized carbons (Fsp3) is 0.385. The van der Waals surface area contributed by atoms with Crippen molar-refractivity contribution < 1.29 is 14.7 Å². The predicted molar refractivity (Wildman–Crippen MR) is 73.3 cm³/mol. The molecule has 6 heteroatoms. The minimum absolute atomic E-state index is 0.328. The maximum absolute atomic E-state index is 12.0. The highest BCUT2D eigenvalue weighted by atomic mass is 32.1. The lowest BCUT2D eigenvalue weighted by molar-refractivity contribution is -0.142. The molecule has 0 saturated carbocycles. The van der Waals surface area contributed by atoms with Crippen molar-refractivity contribution in [2.24, 2.45) is 0 Å². The normalized spacial score (nSPS) is 17.7. The Morgan fingerprint density at radius 3 is 3.11 bits per heavy atom. The van der Waals surface area contributed by atoms with Gasteiger partial charge in [-0.25, -0.2) is 9.59 Å². The van der Waals surface area contributed by atoms with Crippen molar-refractivity contribution in [3.63, 3.8) is 0 Å². The van der Waals surface area contributed by atoms with Crippen LogP contribution in [0.3, 0.4) is 0 Å². The SMILES string of the molecule is C=CCCNC(=O)N1CCc2sccc2C1C(=O)O. The minimum atomic E-state index is -0.988. The number of nitrogens with zero attached hydrogens (tertiary/aromatic N) is 1. The number of aliphatic carboxylic acids is 1. The van der Waals surface area contributed by atoms with E-state index in [0.29, 0.717) is 25.9 Å². The Morgan fingerprint density at radius 2 is 2.42 bits per heavy atom. The van der Waals surface area contributed by atoms with E-state index in [4.69, 9.17) is 0 Å². The summed E-state index contributed by atoms with van der Waals surface area (Å²) < 4.78 is 0. The molecule has 1 atom stereocenters. The minimum Gasteiger partial charge on any atom is -0.479 e. The van der Waals surface area contributed by atoms with E-state index in [1.807, 2.05) is 5.38 Å². The summed E-state index contributed by atoms with van der Waals surface area (Å²) >= 11 is 1.55. The molecule has 0 saturated heterocycles. The topological polar surface area (TPSA) is 69.6 Å². The molecule has 1 aromatic heterocycles. The van der Waals surface area contributed by atoms with Gasteiger partial charge in [0.05, 0.1) is 0 Å². The van der Waals surface area contributed by atoms with Crippen LogP contribution >= 0.6 is 11.3 Å². The molecule has 1 aliphatic rings. The predicted octanol–water partition coefficient (Wildman–Crippen LogP) is 2.02. The number of carbonyl (C=O) groups excluding carboxylic acids is 1. The summed E-state index contributed by atoms with van der Waals surface area (Å²) in [6.45, 7) is 4.49. The molecular weight excluding hydrogens is 264 g/mol. The summed E-state index contributed by atoms with van der Waals surface area (Å²) in [5.74, 6) is -0.988. The van der Waals surface area contributed by atoms with E-state index in [9.17, 15) is 14.7 Å². The van der Waals surface area contributed by atoms with Crippen LogP contribution in [0.15, 0.2) is 24.1 Å². The molecule has 1 aliphatic heterocycles. The highest BCUT2D eigenvalue weighted by Gasteiger charge is 2.36. The number of thiophene rings is 1. The van der Waals surface area contributed by atoms with Crippen LogP contribution in [-0.2, 0) is 11.2 Å². The Labute approximate surface area is 115 Å². The second kappa shape index (κ2) is 5.88. The van der Waals surface area contributed by atoms with Gasteiger partial charge in [-0.15, -0.1) is 17.9 Å². The van der Waals surface area contributed by atoms with Crippen molar-refractivity contribution in [2.45, 2.75) is 18.9 Å². The van der Waals surface area contributed by atoms with E-state index in [0.717, 1.165) is 10.4 Å². The maximum Gasteiger partial charge on any atom is 0.331 e. The van der Waals surface area contributed by atoms with Crippen molar-refractivity contribution in [3.05, 3.63) is 34.5 Å². The molecule has 0 aliphatic carbocycles. The third kappa shape index (κ3) is 2.78. The van der Waals surface area contributed by atoms with Gasteiger partial charge in [0.25, 0.3) is 0 Å². The van der Waals surface area contributed by atoms with E-state index in [-0.39, 0.29) is 6.03 Å². The molecule has 0 radical (unpaired) electrons. The molecule has 1 unspecified atom stereocenters. The van der Waals surface area contributed by atoms with Crippen LogP contribution in [0, 0.1) is 0 Å². The summed E-state index contributed by atoms with van der Waals surface area (Å²) in [6.07, 6.45) is 3.09. The lowest BCUT2D eigenvalue weighted by atomic mass is 10.0. The average Bonchev–Trinajstić information content (AvgIpc) is 2.85. The second-order valence-electron chi connectivity index (χ2n) is 4.29.